The molecule has 0 saturated carbocycles. The zero-order valence-electron chi connectivity index (χ0n) is 6.38. The fourth-order valence-electron chi connectivity index (χ4n) is 0.962. The Morgan fingerprint density at radius 3 is 2.58 bits per heavy atom. The van der Waals surface area contributed by atoms with Gasteiger partial charge < -0.3 is 0 Å². The maximum atomic E-state index is 4.15. The Morgan fingerprint density at radius 2 is 1.92 bits per heavy atom. The molecule has 0 atom stereocenters. The molecule has 2 aromatic heterocycles. The number of aromatic nitrogens is 3. The second-order valence-electron chi connectivity index (χ2n) is 2.33. The molecule has 0 spiro atoms. The number of hydrogen-bond acceptors (Lipinski definition) is 3. The topological polar surface area (TPSA) is 38.7 Å². The monoisotopic (exact) mass is 155 g/mol. The van der Waals surface area contributed by atoms with Crippen molar-refractivity contribution < 1.29 is 0 Å². The summed E-state index contributed by atoms with van der Waals surface area (Å²) in [6.45, 7) is 1.96. The molecule has 2 rings (SSSR count). The third-order valence-electron chi connectivity index (χ3n) is 1.52. The van der Waals surface area contributed by atoms with E-state index in [9.17, 15) is 0 Å². The second kappa shape index (κ2) is 3.22. The van der Waals surface area contributed by atoms with Gasteiger partial charge in [-0.3, -0.25) is 0 Å². The van der Waals surface area contributed by atoms with Crippen LogP contribution >= 0.6 is 0 Å². The molecule has 0 bridgehead atoms. The van der Waals surface area contributed by atoms with E-state index in [4.69, 9.17) is 0 Å². The van der Waals surface area contributed by atoms with Crippen LogP contribution in [0, 0.1) is 0 Å². The van der Waals surface area contributed by atoms with Gasteiger partial charge in [0.25, 0.3) is 0 Å². The summed E-state index contributed by atoms with van der Waals surface area (Å²) in [7, 11) is 0. The van der Waals surface area contributed by atoms with Crippen LogP contribution in [0.3, 0.4) is 0 Å². The summed E-state index contributed by atoms with van der Waals surface area (Å²) in [5, 5.41) is 0. The van der Waals surface area contributed by atoms with Gasteiger partial charge in [0, 0.05) is 0 Å². The van der Waals surface area contributed by atoms with Crippen LogP contribution in [0.5, 0.6) is 0 Å². The number of hydrogen-bond donors (Lipinski definition) is 0. The predicted octanol–water partition coefficient (Wildman–Crippen LogP) is 0.877. The average molecular weight is 155 g/mol. The SMILES string of the molecule is b1ccncc1-c1cnccn1. The van der Waals surface area contributed by atoms with Crippen molar-refractivity contribution in [2.75, 3.05) is 0 Å². The van der Waals surface area contributed by atoms with Crippen molar-refractivity contribution in [3.8, 4) is 11.2 Å². The van der Waals surface area contributed by atoms with E-state index < -0.39 is 0 Å². The predicted molar refractivity (Wildman–Crippen MR) is 46.6 cm³/mol. The molecular formula is C8H6BN3. The van der Waals surface area contributed by atoms with E-state index in [-0.39, 0.29) is 0 Å². The molecular weight excluding hydrogens is 149 g/mol. The molecule has 0 aliphatic heterocycles. The van der Waals surface area contributed by atoms with Crippen LogP contribution < -0.4 is 0 Å². The molecule has 0 aromatic carbocycles. The van der Waals surface area contributed by atoms with Crippen molar-refractivity contribution in [3.63, 3.8) is 0 Å². The third kappa shape index (κ3) is 1.37. The number of nitrogens with zero attached hydrogens (tertiary/aromatic N) is 3. The third-order valence-corrected chi connectivity index (χ3v) is 1.52. The van der Waals surface area contributed by atoms with Crippen LogP contribution in [0.15, 0.2) is 36.9 Å². The zero-order chi connectivity index (χ0) is 8.23. The van der Waals surface area contributed by atoms with Gasteiger partial charge in [0.05, 0.1) is 0 Å². The Bertz CT molecular complexity index is 312. The summed E-state index contributed by atoms with van der Waals surface area (Å²) in [5.41, 5.74) is 1.84. The first-order chi connectivity index (χ1) is 5.97. The fourth-order valence-corrected chi connectivity index (χ4v) is 0.962. The van der Waals surface area contributed by atoms with Crippen LogP contribution in [-0.2, 0) is 0 Å². The van der Waals surface area contributed by atoms with E-state index in [0.717, 1.165) is 11.2 Å². The van der Waals surface area contributed by atoms with Gasteiger partial charge >= 0.3 is 70.0 Å². The van der Waals surface area contributed by atoms with Gasteiger partial charge in [-0.2, -0.15) is 0 Å². The van der Waals surface area contributed by atoms with Crippen molar-refractivity contribution >= 4 is 6.91 Å². The molecule has 0 N–H and O–H groups in total. The van der Waals surface area contributed by atoms with Crippen LogP contribution in [-0.4, -0.2) is 21.9 Å². The Kier molecular flexibility index (Phi) is 1.90. The summed E-state index contributed by atoms with van der Waals surface area (Å²) in [4.78, 5) is 12.1. The first-order valence-corrected chi connectivity index (χ1v) is 3.63. The van der Waals surface area contributed by atoms with Crippen molar-refractivity contribution in [3.05, 3.63) is 36.9 Å². The molecule has 0 fully saturated rings. The quantitative estimate of drug-likeness (QED) is 0.613. The van der Waals surface area contributed by atoms with E-state index >= 15 is 0 Å². The summed E-state index contributed by atoms with van der Waals surface area (Å²) in [6.07, 6.45) is 8.54. The molecule has 12 heavy (non-hydrogen) atoms. The molecule has 56 valence electrons. The molecule has 0 saturated heterocycles. The van der Waals surface area contributed by atoms with Gasteiger partial charge in [-0.1, -0.05) is 0 Å². The van der Waals surface area contributed by atoms with Crippen molar-refractivity contribution in [2.45, 2.75) is 0 Å². The molecule has 4 heteroatoms. The van der Waals surface area contributed by atoms with Crippen molar-refractivity contribution in [1.82, 2.24) is 15.0 Å². The maximum absolute atomic E-state index is 4.15. The van der Waals surface area contributed by atoms with E-state index in [1.165, 1.54) is 0 Å². The Morgan fingerprint density at radius 1 is 1.00 bits per heavy atom. The second-order valence-corrected chi connectivity index (χ2v) is 2.33. The Balaban J connectivity index is 2.46. The van der Waals surface area contributed by atoms with Crippen LogP contribution in [0.1, 0.15) is 0 Å². The van der Waals surface area contributed by atoms with Gasteiger partial charge in [0.15, 0.2) is 0 Å². The normalized spacial score (nSPS) is 9.33. The van der Waals surface area contributed by atoms with E-state index in [2.05, 4.69) is 15.0 Å². The van der Waals surface area contributed by atoms with Gasteiger partial charge in [-0.05, 0) is 0 Å². The molecule has 2 aromatic rings. The van der Waals surface area contributed by atoms with Gasteiger partial charge in [0.1, 0.15) is 0 Å². The summed E-state index contributed by atoms with van der Waals surface area (Å²) in [6, 6.07) is 0. The minimum absolute atomic E-state index is 0.852. The molecule has 0 aliphatic carbocycles. The Labute approximate surface area is 70.7 Å². The minimum atomic E-state index is 0.852. The van der Waals surface area contributed by atoms with E-state index in [1.54, 1.807) is 31.0 Å². The first-order valence-electron chi connectivity index (χ1n) is 3.63. The zero-order valence-corrected chi connectivity index (χ0v) is 6.38. The van der Waals surface area contributed by atoms with Gasteiger partial charge in [0.2, 0.25) is 0 Å². The average Bonchev–Trinajstić information content (AvgIpc) is 2.21. The van der Waals surface area contributed by atoms with Crippen LogP contribution in [0.4, 0.5) is 0 Å². The Hall–Kier alpha value is -1.58. The summed E-state index contributed by atoms with van der Waals surface area (Å²) < 4.78 is 0. The van der Waals surface area contributed by atoms with Gasteiger partial charge in [-0.15, -0.1) is 0 Å². The number of rotatable bonds is 1. The standard InChI is InChI=1S/C8H6BN3/c1-2-10-5-7(9-1)8-6-11-3-4-12-8/h1-6H. The van der Waals surface area contributed by atoms with Crippen molar-refractivity contribution in [1.29, 1.82) is 0 Å². The molecule has 0 aliphatic rings. The molecule has 0 radical (unpaired) electrons. The fraction of sp³-hybridized carbons (Fsp3) is 0. The van der Waals surface area contributed by atoms with E-state index in [0.29, 0.717) is 0 Å². The first kappa shape index (κ1) is 7.09. The van der Waals surface area contributed by atoms with Crippen molar-refractivity contribution in [2.24, 2.45) is 0 Å². The molecule has 2 heterocycles. The summed E-state index contributed by atoms with van der Waals surface area (Å²) in [5.74, 6) is 1.88. The molecule has 0 amide bonds. The summed E-state index contributed by atoms with van der Waals surface area (Å²) >= 11 is 0. The van der Waals surface area contributed by atoms with Crippen LogP contribution in [0.25, 0.3) is 11.2 Å². The van der Waals surface area contributed by atoms with Gasteiger partial charge in [-0.25, -0.2) is 0 Å². The van der Waals surface area contributed by atoms with Crippen LogP contribution in [0.2, 0.25) is 0 Å². The van der Waals surface area contributed by atoms with E-state index in [1.807, 2.05) is 12.9 Å². The molecule has 0 unspecified atom stereocenters. The molecule has 3 nitrogen and oxygen atoms in total.